The van der Waals surface area contributed by atoms with Crippen LogP contribution in [0.4, 0.5) is 0 Å². The average molecular weight is 142 g/mol. The summed E-state index contributed by atoms with van der Waals surface area (Å²) in [6.07, 6.45) is 0. The Morgan fingerprint density at radius 3 is 2.20 bits per heavy atom. The summed E-state index contributed by atoms with van der Waals surface area (Å²) in [5.74, 6) is 0.576. The Labute approximate surface area is 58.6 Å². The first-order valence-corrected chi connectivity index (χ1v) is 2.94. The summed E-state index contributed by atoms with van der Waals surface area (Å²) in [4.78, 5) is 10.9. The van der Waals surface area contributed by atoms with Crippen molar-refractivity contribution in [1.29, 1.82) is 0 Å². The van der Waals surface area contributed by atoms with Crippen LogP contribution < -0.4 is 10.3 Å². The van der Waals surface area contributed by atoms with Crippen LogP contribution in [0.2, 0.25) is 0 Å². The lowest BCUT2D eigenvalue weighted by Crippen LogP contribution is -2.16. The Bertz CT molecular complexity index is 284. The molecule has 0 fully saturated rings. The van der Waals surface area contributed by atoms with Crippen LogP contribution >= 0.6 is 0 Å². The number of aromatic nitrogens is 2. The Morgan fingerprint density at radius 2 is 2.00 bits per heavy atom. The highest BCUT2D eigenvalue weighted by atomic mass is 16.5. The van der Waals surface area contributed by atoms with Crippen LogP contribution in [0.15, 0.2) is 10.9 Å². The first-order chi connectivity index (χ1) is 4.66. The van der Waals surface area contributed by atoms with Crippen LogP contribution in [-0.4, -0.2) is 16.5 Å². The lowest BCUT2D eigenvalue weighted by molar-refractivity contribution is 0.359. The molecule has 0 aliphatic heterocycles. The smallest absolute Gasteiger partial charge is 0.270 e. The molecule has 0 saturated heterocycles. The third-order valence-electron chi connectivity index (χ3n) is 1.54. The monoisotopic (exact) mass is 142 g/mol. The molecule has 0 aliphatic carbocycles. The average Bonchev–Trinajstić information content (AvgIpc) is 2.17. The number of hydrogen-bond acceptors (Lipinski definition) is 2. The predicted molar refractivity (Wildman–Crippen MR) is 37.2 cm³/mol. The molecule has 0 N–H and O–H groups in total. The third kappa shape index (κ3) is 0.814. The molecule has 1 aromatic rings. The molecule has 1 aromatic heterocycles. The van der Waals surface area contributed by atoms with Crippen molar-refractivity contribution in [2.24, 2.45) is 14.1 Å². The largest absolute Gasteiger partial charge is 0.481 e. The zero-order valence-corrected chi connectivity index (χ0v) is 6.29. The molecular weight excluding hydrogens is 132 g/mol. The van der Waals surface area contributed by atoms with Gasteiger partial charge in [-0.3, -0.25) is 14.2 Å². The van der Waals surface area contributed by atoms with Crippen molar-refractivity contribution in [3.8, 4) is 5.88 Å². The predicted octanol–water partition coefficient (Wildman–Crippen LogP) is -0.268. The third-order valence-corrected chi connectivity index (χ3v) is 1.54. The van der Waals surface area contributed by atoms with E-state index >= 15 is 0 Å². The van der Waals surface area contributed by atoms with Gasteiger partial charge in [-0.25, -0.2) is 0 Å². The van der Waals surface area contributed by atoms with Crippen molar-refractivity contribution in [2.75, 3.05) is 7.11 Å². The highest BCUT2D eigenvalue weighted by Crippen LogP contribution is 2.02. The minimum Gasteiger partial charge on any atom is -0.481 e. The van der Waals surface area contributed by atoms with Crippen LogP contribution in [-0.2, 0) is 14.1 Å². The molecule has 10 heavy (non-hydrogen) atoms. The van der Waals surface area contributed by atoms with Crippen molar-refractivity contribution in [3.05, 3.63) is 16.4 Å². The summed E-state index contributed by atoms with van der Waals surface area (Å²) < 4.78 is 8.00. The standard InChI is InChI=1S/C6H10N2O2/c1-7-5(9)4-6(10-3)8(7)2/h4H,1-3H3. The van der Waals surface area contributed by atoms with Gasteiger partial charge in [0.1, 0.15) is 0 Å². The molecule has 1 rings (SSSR count). The lowest BCUT2D eigenvalue weighted by atomic mass is 10.7. The van der Waals surface area contributed by atoms with Crippen molar-refractivity contribution >= 4 is 0 Å². The van der Waals surface area contributed by atoms with Crippen molar-refractivity contribution in [1.82, 2.24) is 9.36 Å². The Kier molecular flexibility index (Phi) is 1.53. The molecule has 0 spiro atoms. The summed E-state index contributed by atoms with van der Waals surface area (Å²) in [7, 11) is 4.99. The second-order valence-electron chi connectivity index (χ2n) is 2.07. The fourth-order valence-electron chi connectivity index (χ4n) is 0.779. The highest BCUT2D eigenvalue weighted by Gasteiger charge is 2.02. The van der Waals surface area contributed by atoms with Crippen LogP contribution in [0.25, 0.3) is 0 Å². The molecule has 0 radical (unpaired) electrons. The molecule has 1 heterocycles. The Balaban J connectivity index is 3.31. The van der Waals surface area contributed by atoms with Gasteiger partial charge in [-0.15, -0.1) is 0 Å². The summed E-state index contributed by atoms with van der Waals surface area (Å²) in [5, 5.41) is 0. The molecule has 0 unspecified atom stereocenters. The van der Waals surface area contributed by atoms with E-state index in [1.807, 2.05) is 0 Å². The second kappa shape index (κ2) is 2.21. The zero-order chi connectivity index (χ0) is 7.72. The molecule has 0 bridgehead atoms. The second-order valence-corrected chi connectivity index (χ2v) is 2.07. The van der Waals surface area contributed by atoms with Crippen LogP contribution in [0.5, 0.6) is 5.88 Å². The van der Waals surface area contributed by atoms with Gasteiger partial charge in [-0.2, -0.15) is 0 Å². The summed E-state index contributed by atoms with van der Waals surface area (Å²) in [6, 6.07) is 1.44. The van der Waals surface area contributed by atoms with E-state index in [2.05, 4.69) is 0 Å². The molecule has 0 saturated carbocycles. The van der Waals surface area contributed by atoms with E-state index in [-0.39, 0.29) is 5.56 Å². The molecule has 0 amide bonds. The first-order valence-electron chi connectivity index (χ1n) is 2.94. The SMILES string of the molecule is COc1cc(=O)n(C)n1C. The molecule has 4 nitrogen and oxygen atoms in total. The van der Waals surface area contributed by atoms with Crippen LogP contribution in [0, 0.1) is 0 Å². The number of ether oxygens (including phenoxy) is 1. The lowest BCUT2D eigenvalue weighted by Gasteiger charge is -2.02. The molecule has 0 atom stereocenters. The summed E-state index contributed by atoms with van der Waals surface area (Å²) in [5.41, 5.74) is -0.0562. The van der Waals surface area contributed by atoms with E-state index < -0.39 is 0 Å². The fraction of sp³-hybridized carbons (Fsp3) is 0.500. The number of methoxy groups -OCH3 is 1. The van der Waals surface area contributed by atoms with Crippen LogP contribution in [0.1, 0.15) is 0 Å². The van der Waals surface area contributed by atoms with Gasteiger partial charge in [-0.05, 0) is 0 Å². The number of rotatable bonds is 1. The van der Waals surface area contributed by atoms with Crippen molar-refractivity contribution in [3.63, 3.8) is 0 Å². The number of hydrogen-bond donors (Lipinski definition) is 0. The van der Waals surface area contributed by atoms with E-state index in [0.717, 1.165) is 0 Å². The van der Waals surface area contributed by atoms with Crippen molar-refractivity contribution < 1.29 is 4.74 Å². The normalized spacial score (nSPS) is 9.90. The van der Waals surface area contributed by atoms with E-state index in [1.165, 1.54) is 17.9 Å². The Morgan fingerprint density at radius 1 is 1.40 bits per heavy atom. The topological polar surface area (TPSA) is 36.2 Å². The van der Waals surface area contributed by atoms with E-state index in [0.29, 0.717) is 5.88 Å². The van der Waals surface area contributed by atoms with Crippen LogP contribution in [0.3, 0.4) is 0 Å². The van der Waals surface area contributed by atoms with Gasteiger partial charge in [0, 0.05) is 14.1 Å². The Hall–Kier alpha value is -1.19. The maximum Gasteiger partial charge on any atom is 0.270 e. The number of nitrogens with zero attached hydrogens (tertiary/aromatic N) is 2. The molecular formula is C6H10N2O2. The fourth-order valence-corrected chi connectivity index (χ4v) is 0.779. The molecule has 0 aliphatic rings. The van der Waals surface area contributed by atoms with E-state index in [9.17, 15) is 4.79 Å². The highest BCUT2D eigenvalue weighted by molar-refractivity contribution is 5.07. The summed E-state index contributed by atoms with van der Waals surface area (Å²) in [6.45, 7) is 0. The maximum atomic E-state index is 10.9. The maximum absolute atomic E-state index is 10.9. The van der Waals surface area contributed by atoms with Gasteiger partial charge in [0.05, 0.1) is 13.2 Å². The zero-order valence-electron chi connectivity index (χ0n) is 6.29. The summed E-state index contributed by atoms with van der Waals surface area (Å²) >= 11 is 0. The molecule has 0 aromatic carbocycles. The quantitative estimate of drug-likeness (QED) is 0.541. The molecule has 4 heteroatoms. The van der Waals surface area contributed by atoms with Gasteiger partial charge in [0.2, 0.25) is 5.88 Å². The minimum absolute atomic E-state index is 0.0562. The van der Waals surface area contributed by atoms with Gasteiger partial charge < -0.3 is 4.74 Å². The minimum atomic E-state index is -0.0562. The van der Waals surface area contributed by atoms with Gasteiger partial charge in [0.25, 0.3) is 5.56 Å². The van der Waals surface area contributed by atoms with Gasteiger partial charge >= 0.3 is 0 Å². The van der Waals surface area contributed by atoms with Gasteiger partial charge in [-0.1, -0.05) is 0 Å². The van der Waals surface area contributed by atoms with Gasteiger partial charge in [0.15, 0.2) is 0 Å². The van der Waals surface area contributed by atoms with E-state index in [1.54, 1.807) is 18.8 Å². The first kappa shape index (κ1) is 6.92. The van der Waals surface area contributed by atoms with Crippen molar-refractivity contribution in [2.45, 2.75) is 0 Å². The van der Waals surface area contributed by atoms with E-state index in [4.69, 9.17) is 4.74 Å². The molecule has 56 valence electrons.